The predicted molar refractivity (Wildman–Crippen MR) is 57.8 cm³/mol. The van der Waals surface area contributed by atoms with Gasteiger partial charge in [0.25, 0.3) is 0 Å². The predicted octanol–water partition coefficient (Wildman–Crippen LogP) is 2.89. The van der Waals surface area contributed by atoms with Gasteiger partial charge in [-0.25, -0.2) is 0 Å². The lowest BCUT2D eigenvalue weighted by Gasteiger charge is -2.03. The van der Waals surface area contributed by atoms with Crippen LogP contribution in [0.15, 0.2) is 65.2 Å². The Balaban J connectivity index is 2.25. The van der Waals surface area contributed by atoms with Gasteiger partial charge in [-0.05, 0) is 18.2 Å². The van der Waals surface area contributed by atoms with E-state index in [1.807, 2.05) is 42.7 Å². The van der Waals surface area contributed by atoms with Gasteiger partial charge in [-0.15, -0.1) is 0 Å². The molecule has 2 heterocycles. The monoisotopic (exact) mass is 185 g/mol. The fourth-order valence-electron chi connectivity index (χ4n) is 1.19. The van der Waals surface area contributed by atoms with E-state index >= 15 is 0 Å². The van der Waals surface area contributed by atoms with Crippen LogP contribution < -0.4 is 0 Å². The molecule has 0 fully saturated rings. The Morgan fingerprint density at radius 1 is 1.07 bits per heavy atom. The van der Waals surface area contributed by atoms with Gasteiger partial charge in [-0.1, -0.05) is 24.3 Å². The molecule has 14 heavy (non-hydrogen) atoms. The minimum absolute atomic E-state index is 0.776. The average Bonchev–Trinajstić information content (AvgIpc) is 2.62. The molecule has 0 radical (unpaired) electrons. The van der Waals surface area contributed by atoms with Crippen LogP contribution in [0.3, 0.4) is 0 Å². The van der Waals surface area contributed by atoms with Crippen molar-refractivity contribution in [2.75, 3.05) is 0 Å². The van der Waals surface area contributed by atoms with Gasteiger partial charge in [0.2, 0.25) is 0 Å². The molecule has 0 amide bonds. The smallest absolute Gasteiger partial charge is 0.152 e. The normalized spacial score (nSPS) is 19.4. The number of rotatable bonds is 1. The Morgan fingerprint density at radius 3 is 3.07 bits per heavy atom. The number of hydrogen-bond donors (Lipinski definition) is 0. The van der Waals surface area contributed by atoms with Gasteiger partial charge in [0.05, 0.1) is 6.26 Å². The van der Waals surface area contributed by atoms with Gasteiger partial charge in [-0.2, -0.15) is 0 Å². The summed E-state index contributed by atoms with van der Waals surface area (Å²) in [4.78, 5) is 4.30. The Kier molecular flexibility index (Phi) is 2.76. The highest BCUT2D eigenvalue weighted by molar-refractivity contribution is 5.63. The second kappa shape index (κ2) is 4.42. The van der Waals surface area contributed by atoms with Crippen LogP contribution in [-0.2, 0) is 4.74 Å². The van der Waals surface area contributed by atoms with Crippen molar-refractivity contribution in [1.82, 2.24) is 0 Å². The van der Waals surface area contributed by atoms with Crippen LogP contribution in [0.2, 0.25) is 0 Å². The zero-order valence-corrected chi connectivity index (χ0v) is 7.76. The summed E-state index contributed by atoms with van der Waals surface area (Å²) in [7, 11) is 0. The number of aliphatic imine (C=N–C) groups is 1. The minimum atomic E-state index is 0.776. The van der Waals surface area contributed by atoms with Gasteiger partial charge >= 0.3 is 0 Å². The van der Waals surface area contributed by atoms with Crippen LogP contribution in [-0.4, -0.2) is 6.21 Å². The molecule has 0 aliphatic carbocycles. The van der Waals surface area contributed by atoms with Crippen molar-refractivity contribution in [2.24, 2.45) is 4.99 Å². The molecule has 2 aliphatic rings. The highest BCUT2D eigenvalue weighted by atomic mass is 16.5. The first-order chi connectivity index (χ1) is 6.97. The van der Waals surface area contributed by atoms with Crippen molar-refractivity contribution < 1.29 is 4.74 Å². The first kappa shape index (κ1) is 8.75. The van der Waals surface area contributed by atoms with Crippen molar-refractivity contribution in [3.05, 3.63) is 60.3 Å². The Labute approximate surface area is 83.3 Å². The molecule has 70 valence electrons. The third-order valence-electron chi connectivity index (χ3n) is 1.86. The van der Waals surface area contributed by atoms with E-state index in [0.29, 0.717) is 0 Å². The second-order valence-corrected chi connectivity index (χ2v) is 2.89. The zero-order chi connectivity index (χ0) is 9.64. The lowest BCUT2D eigenvalue weighted by atomic mass is 10.3. The van der Waals surface area contributed by atoms with Gasteiger partial charge in [0.15, 0.2) is 5.76 Å². The Morgan fingerprint density at radius 2 is 2.07 bits per heavy atom. The SMILES string of the molecule is C1=CC=C(C2=CC=CCC=N2)OC=C1. The molecule has 0 unspecified atom stereocenters. The Bertz CT molecular complexity index is 381. The lowest BCUT2D eigenvalue weighted by Crippen LogP contribution is -1.88. The molecule has 0 saturated carbocycles. The molecule has 2 aliphatic heterocycles. The topological polar surface area (TPSA) is 21.6 Å². The standard InChI is InChI=1S/C12H11NO/c1-3-7-11(13-9-5-1)12-8-4-2-6-10-14-12/h1-4,6-10H,5H2. The van der Waals surface area contributed by atoms with Crippen molar-refractivity contribution in [1.29, 1.82) is 0 Å². The molecule has 0 aromatic carbocycles. The van der Waals surface area contributed by atoms with Crippen LogP contribution in [0.1, 0.15) is 6.42 Å². The molecule has 0 atom stereocenters. The van der Waals surface area contributed by atoms with E-state index < -0.39 is 0 Å². The van der Waals surface area contributed by atoms with Crippen LogP contribution >= 0.6 is 0 Å². The molecule has 2 heteroatoms. The van der Waals surface area contributed by atoms with Crippen molar-refractivity contribution in [3.63, 3.8) is 0 Å². The second-order valence-electron chi connectivity index (χ2n) is 2.89. The maximum atomic E-state index is 5.40. The average molecular weight is 185 g/mol. The van der Waals surface area contributed by atoms with Crippen LogP contribution in [0, 0.1) is 0 Å². The summed E-state index contributed by atoms with van der Waals surface area (Å²) in [5.41, 5.74) is 0.856. The number of nitrogens with zero attached hydrogens (tertiary/aromatic N) is 1. The molecule has 2 nitrogen and oxygen atoms in total. The van der Waals surface area contributed by atoms with Crippen molar-refractivity contribution in [3.8, 4) is 0 Å². The summed E-state index contributed by atoms with van der Waals surface area (Å²) in [5.74, 6) is 0.776. The Hall–Kier alpha value is -1.83. The highest BCUT2D eigenvalue weighted by Crippen LogP contribution is 2.16. The van der Waals surface area contributed by atoms with Crippen molar-refractivity contribution >= 4 is 6.21 Å². The van der Waals surface area contributed by atoms with E-state index in [9.17, 15) is 0 Å². The van der Waals surface area contributed by atoms with Gasteiger partial charge in [0.1, 0.15) is 5.70 Å². The lowest BCUT2D eigenvalue weighted by molar-refractivity contribution is 0.361. The summed E-state index contributed by atoms with van der Waals surface area (Å²) in [6.45, 7) is 0. The molecule has 0 aromatic rings. The molecular formula is C12H11NO. The van der Waals surface area contributed by atoms with Gasteiger partial charge in [0, 0.05) is 12.6 Å². The summed E-state index contributed by atoms with van der Waals surface area (Å²) < 4.78 is 5.40. The zero-order valence-electron chi connectivity index (χ0n) is 7.76. The molecular weight excluding hydrogens is 174 g/mol. The van der Waals surface area contributed by atoms with Gasteiger partial charge in [-0.3, -0.25) is 4.99 Å². The number of ether oxygens (including phenoxy) is 1. The van der Waals surface area contributed by atoms with E-state index in [4.69, 9.17) is 4.74 Å². The summed E-state index contributed by atoms with van der Waals surface area (Å²) >= 11 is 0. The largest absolute Gasteiger partial charge is 0.463 e. The fraction of sp³-hybridized carbons (Fsp3) is 0.0833. The summed E-state index contributed by atoms with van der Waals surface area (Å²) in [5, 5.41) is 0. The summed E-state index contributed by atoms with van der Waals surface area (Å²) in [6, 6.07) is 0. The van der Waals surface area contributed by atoms with E-state index in [1.165, 1.54) is 0 Å². The van der Waals surface area contributed by atoms with Crippen LogP contribution in [0.5, 0.6) is 0 Å². The minimum Gasteiger partial charge on any atom is -0.463 e. The first-order valence-corrected chi connectivity index (χ1v) is 4.57. The molecule has 0 bridgehead atoms. The maximum Gasteiger partial charge on any atom is 0.152 e. The van der Waals surface area contributed by atoms with E-state index in [-0.39, 0.29) is 0 Å². The van der Waals surface area contributed by atoms with Crippen LogP contribution in [0.4, 0.5) is 0 Å². The van der Waals surface area contributed by atoms with E-state index in [1.54, 1.807) is 6.26 Å². The molecule has 2 rings (SSSR count). The molecule has 0 saturated heterocycles. The first-order valence-electron chi connectivity index (χ1n) is 4.57. The number of hydrogen-bond acceptors (Lipinski definition) is 2. The molecule has 0 aromatic heterocycles. The van der Waals surface area contributed by atoms with Crippen molar-refractivity contribution in [2.45, 2.75) is 6.42 Å². The van der Waals surface area contributed by atoms with E-state index in [2.05, 4.69) is 11.1 Å². The molecule has 0 N–H and O–H groups in total. The quantitative estimate of drug-likeness (QED) is 0.615. The third kappa shape index (κ3) is 2.10. The fourth-order valence-corrected chi connectivity index (χ4v) is 1.19. The molecule has 0 spiro atoms. The number of allylic oxidation sites excluding steroid dienone is 7. The van der Waals surface area contributed by atoms with E-state index in [0.717, 1.165) is 17.9 Å². The third-order valence-corrected chi connectivity index (χ3v) is 1.86. The summed E-state index contributed by atoms with van der Waals surface area (Å²) in [6.07, 6.45) is 18.0. The maximum absolute atomic E-state index is 5.40. The van der Waals surface area contributed by atoms with Crippen LogP contribution in [0.25, 0.3) is 0 Å². The highest BCUT2D eigenvalue weighted by Gasteiger charge is 2.03. The van der Waals surface area contributed by atoms with Gasteiger partial charge < -0.3 is 4.74 Å².